The highest BCUT2D eigenvalue weighted by molar-refractivity contribution is 5.85. The predicted molar refractivity (Wildman–Crippen MR) is 99.3 cm³/mol. The zero-order chi connectivity index (χ0) is 16.0. The molecule has 0 saturated carbocycles. The Bertz CT molecular complexity index is 496. The van der Waals surface area contributed by atoms with Gasteiger partial charge >= 0.3 is 0 Å². The molecule has 1 aromatic rings. The average molecular weight is 339 g/mol. The summed E-state index contributed by atoms with van der Waals surface area (Å²) in [6.07, 6.45) is 4.11. The molecule has 4 heteroatoms. The molecule has 23 heavy (non-hydrogen) atoms. The van der Waals surface area contributed by atoms with Crippen LogP contribution in [-0.4, -0.2) is 25.5 Å². The second-order valence-corrected chi connectivity index (χ2v) is 7.21. The maximum absolute atomic E-state index is 12.1. The summed E-state index contributed by atoms with van der Waals surface area (Å²) >= 11 is 0. The number of nitrogens with one attached hydrogen (secondary N) is 2. The Morgan fingerprint density at radius 2 is 1.91 bits per heavy atom. The SMILES string of the molecule is Cc1ccccc1C(C)(C)CNC(=O)CCC1CCNCC1.Cl. The van der Waals surface area contributed by atoms with Gasteiger partial charge in [-0.05, 0) is 56.3 Å². The van der Waals surface area contributed by atoms with Crippen molar-refractivity contribution in [3.05, 3.63) is 35.4 Å². The average Bonchev–Trinajstić information content (AvgIpc) is 2.52. The van der Waals surface area contributed by atoms with E-state index in [2.05, 4.69) is 55.7 Å². The van der Waals surface area contributed by atoms with E-state index in [4.69, 9.17) is 0 Å². The van der Waals surface area contributed by atoms with Crippen molar-refractivity contribution in [2.24, 2.45) is 5.92 Å². The van der Waals surface area contributed by atoms with Crippen LogP contribution in [0.15, 0.2) is 24.3 Å². The second kappa shape index (κ2) is 9.29. The Labute approximate surface area is 147 Å². The molecule has 1 amide bonds. The standard InChI is InChI=1S/C19H30N2O.ClH/c1-15-6-4-5-7-17(15)19(2,3)14-21-18(22)9-8-16-10-12-20-13-11-16;/h4-7,16,20H,8-14H2,1-3H3,(H,21,22);1H. The van der Waals surface area contributed by atoms with E-state index in [9.17, 15) is 4.79 Å². The molecule has 1 aromatic carbocycles. The summed E-state index contributed by atoms with van der Waals surface area (Å²) in [6, 6.07) is 8.43. The molecule has 1 heterocycles. The minimum atomic E-state index is -0.0320. The summed E-state index contributed by atoms with van der Waals surface area (Å²) in [5.41, 5.74) is 2.57. The van der Waals surface area contributed by atoms with Crippen molar-refractivity contribution in [1.29, 1.82) is 0 Å². The molecule has 0 bridgehead atoms. The number of hydrogen-bond acceptors (Lipinski definition) is 2. The Morgan fingerprint density at radius 3 is 2.57 bits per heavy atom. The summed E-state index contributed by atoms with van der Waals surface area (Å²) in [5, 5.41) is 6.50. The predicted octanol–water partition coefficient (Wildman–Crippen LogP) is 3.59. The van der Waals surface area contributed by atoms with Crippen molar-refractivity contribution in [1.82, 2.24) is 10.6 Å². The molecule has 3 nitrogen and oxygen atoms in total. The minimum Gasteiger partial charge on any atom is -0.355 e. The van der Waals surface area contributed by atoms with E-state index in [1.807, 2.05) is 0 Å². The summed E-state index contributed by atoms with van der Waals surface area (Å²) in [7, 11) is 0. The van der Waals surface area contributed by atoms with Crippen LogP contribution in [0.4, 0.5) is 0 Å². The number of halogens is 1. The van der Waals surface area contributed by atoms with E-state index in [-0.39, 0.29) is 23.7 Å². The summed E-state index contributed by atoms with van der Waals surface area (Å²) in [6.45, 7) is 9.43. The summed E-state index contributed by atoms with van der Waals surface area (Å²) in [5.74, 6) is 0.913. The van der Waals surface area contributed by atoms with Gasteiger partial charge in [-0.2, -0.15) is 0 Å². The van der Waals surface area contributed by atoms with Crippen molar-refractivity contribution < 1.29 is 4.79 Å². The molecule has 2 N–H and O–H groups in total. The molecule has 0 spiro atoms. The fourth-order valence-corrected chi connectivity index (χ4v) is 3.34. The highest BCUT2D eigenvalue weighted by atomic mass is 35.5. The van der Waals surface area contributed by atoms with Gasteiger partial charge in [0.05, 0.1) is 0 Å². The van der Waals surface area contributed by atoms with Crippen LogP contribution in [0.5, 0.6) is 0 Å². The zero-order valence-electron chi connectivity index (χ0n) is 14.7. The molecule has 0 unspecified atom stereocenters. The van der Waals surface area contributed by atoms with Gasteiger partial charge in [-0.1, -0.05) is 38.1 Å². The molecule has 1 aliphatic heterocycles. The fourth-order valence-electron chi connectivity index (χ4n) is 3.34. The van der Waals surface area contributed by atoms with Crippen LogP contribution in [0.3, 0.4) is 0 Å². The Hall–Kier alpha value is -1.06. The molecule has 1 fully saturated rings. The van der Waals surface area contributed by atoms with E-state index < -0.39 is 0 Å². The molecule has 1 aliphatic rings. The maximum Gasteiger partial charge on any atom is 0.220 e. The van der Waals surface area contributed by atoms with E-state index >= 15 is 0 Å². The number of piperidine rings is 1. The van der Waals surface area contributed by atoms with Gasteiger partial charge in [0, 0.05) is 18.4 Å². The van der Waals surface area contributed by atoms with Crippen molar-refractivity contribution in [2.45, 2.75) is 51.9 Å². The number of aryl methyl sites for hydroxylation is 1. The van der Waals surface area contributed by atoms with Gasteiger partial charge in [0.2, 0.25) is 5.91 Å². The number of benzene rings is 1. The largest absolute Gasteiger partial charge is 0.355 e. The van der Waals surface area contributed by atoms with Gasteiger partial charge < -0.3 is 10.6 Å². The van der Waals surface area contributed by atoms with Crippen LogP contribution < -0.4 is 10.6 Å². The summed E-state index contributed by atoms with van der Waals surface area (Å²) in [4.78, 5) is 12.1. The van der Waals surface area contributed by atoms with Gasteiger partial charge in [-0.15, -0.1) is 12.4 Å². The van der Waals surface area contributed by atoms with Crippen LogP contribution in [0.25, 0.3) is 0 Å². The van der Waals surface area contributed by atoms with Crippen molar-refractivity contribution in [2.75, 3.05) is 19.6 Å². The topological polar surface area (TPSA) is 41.1 Å². The first kappa shape index (κ1) is 20.0. The van der Waals surface area contributed by atoms with Crippen LogP contribution >= 0.6 is 12.4 Å². The van der Waals surface area contributed by atoms with E-state index in [1.54, 1.807) is 0 Å². The number of carbonyl (C=O) groups excluding carboxylic acids is 1. The molecule has 0 aromatic heterocycles. The monoisotopic (exact) mass is 338 g/mol. The van der Waals surface area contributed by atoms with Gasteiger partial charge in [-0.25, -0.2) is 0 Å². The molecule has 1 saturated heterocycles. The first-order chi connectivity index (χ1) is 10.5. The fraction of sp³-hybridized carbons (Fsp3) is 0.632. The lowest BCUT2D eigenvalue weighted by Crippen LogP contribution is -2.37. The molecule has 0 atom stereocenters. The highest BCUT2D eigenvalue weighted by Gasteiger charge is 2.23. The smallest absolute Gasteiger partial charge is 0.220 e. The molecular weight excluding hydrogens is 308 g/mol. The van der Waals surface area contributed by atoms with Gasteiger partial charge in [0.25, 0.3) is 0 Å². The second-order valence-electron chi connectivity index (χ2n) is 7.21. The lowest BCUT2D eigenvalue weighted by atomic mass is 9.82. The van der Waals surface area contributed by atoms with Crippen LogP contribution in [-0.2, 0) is 10.2 Å². The lowest BCUT2D eigenvalue weighted by Gasteiger charge is -2.28. The first-order valence-corrected chi connectivity index (χ1v) is 8.52. The molecule has 2 rings (SSSR count). The molecule has 0 radical (unpaired) electrons. The highest BCUT2D eigenvalue weighted by Crippen LogP contribution is 2.25. The molecular formula is C19H31ClN2O. The Kier molecular flexibility index (Phi) is 8.07. The van der Waals surface area contributed by atoms with Gasteiger partial charge in [-0.3, -0.25) is 4.79 Å². The van der Waals surface area contributed by atoms with E-state index in [0.717, 1.165) is 25.4 Å². The molecule has 130 valence electrons. The minimum absolute atomic E-state index is 0. The van der Waals surface area contributed by atoms with E-state index in [0.29, 0.717) is 13.0 Å². The van der Waals surface area contributed by atoms with Crippen molar-refractivity contribution in [3.63, 3.8) is 0 Å². The number of hydrogen-bond donors (Lipinski definition) is 2. The van der Waals surface area contributed by atoms with Gasteiger partial charge in [0.15, 0.2) is 0 Å². The van der Waals surface area contributed by atoms with Crippen molar-refractivity contribution >= 4 is 18.3 Å². The lowest BCUT2D eigenvalue weighted by molar-refractivity contribution is -0.121. The third-order valence-electron chi connectivity index (χ3n) is 4.84. The van der Waals surface area contributed by atoms with Crippen LogP contribution in [0.2, 0.25) is 0 Å². The first-order valence-electron chi connectivity index (χ1n) is 8.52. The number of carbonyl (C=O) groups is 1. The quantitative estimate of drug-likeness (QED) is 0.832. The third-order valence-corrected chi connectivity index (χ3v) is 4.84. The molecule has 0 aliphatic carbocycles. The van der Waals surface area contributed by atoms with Crippen LogP contribution in [0, 0.1) is 12.8 Å². The van der Waals surface area contributed by atoms with E-state index in [1.165, 1.54) is 24.0 Å². The van der Waals surface area contributed by atoms with Gasteiger partial charge in [0.1, 0.15) is 0 Å². The summed E-state index contributed by atoms with van der Waals surface area (Å²) < 4.78 is 0. The zero-order valence-corrected chi connectivity index (χ0v) is 15.5. The normalized spacial score (nSPS) is 15.8. The number of amides is 1. The third kappa shape index (κ3) is 6.15. The number of rotatable bonds is 6. The Balaban J connectivity index is 0.00000264. The Morgan fingerprint density at radius 1 is 1.26 bits per heavy atom. The maximum atomic E-state index is 12.1. The van der Waals surface area contributed by atoms with Crippen molar-refractivity contribution in [3.8, 4) is 0 Å². The van der Waals surface area contributed by atoms with Crippen LogP contribution in [0.1, 0.15) is 50.7 Å².